The fraction of sp³-hybridized carbons (Fsp3) is 0.732. The Morgan fingerprint density at radius 2 is 1.47 bits per heavy atom. The molecular weight excluding hydrogens is 588 g/mol. The molecule has 0 N–H and O–H groups in total. The van der Waals surface area contributed by atoms with Gasteiger partial charge in [-0.15, -0.1) is 0 Å². The summed E-state index contributed by atoms with van der Waals surface area (Å²) < 4.78 is 17.1. The van der Waals surface area contributed by atoms with Crippen LogP contribution in [-0.4, -0.2) is 37.7 Å². The smallest absolute Gasteiger partial charge is 0.339 e. The average molecular weight is 647 g/mol. The molecule has 0 aromatic heterocycles. The van der Waals surface area contributed by atoms with Gasteiger partial charge in [-0.05, 0) is 129 Å². The second-order valence-corrected chi connectivity index (χ2v) is 17.6. The summed E-state index contributed by atoms with van der Waals surface area (Å²) >= 11 is 0. The van der Waals surface area contributed by atoms with Crippen LogP contribution in [-0.2, 0) is 19.0 Å². The van der Waals surface area contributed by atoms with E-state index in [1.807, 2.05) is 0 Å². The Morgan fingerprint density at radius 3 is 2.11 bits per heavy atom. The van der Waals surface area contributed by atoms with Gasteiger partial charge >= 0.3 is 17.9 Å². The zero-order valence-electron chi connectivity index (χ0n) is 30.2. The predicted molar refractivity (Wildman–Crippen MR) is 183 cm³/mol. The van der Waals surface area contributed by atoms with Crippen LogP contribution < -0.4 is 0 Å². The fourth-order valence-electron chi connectivity index (χ4n) is 13.2. The van der Waals surface area contributed by atoms with Crippen molar-refractivity contribution in [1.82, 2.24) is 0 Å². The molecule has 6 rings (SSSR count). The third-order valence-corrected chi connectivity index (χ3v) is 15.5. The number of allylic oxidation sites excluding steroid dienone is 1. The Balaban J connectivity index is 1.29. The van der Waals surface area contributed by atoms with Crippen LogP contribution in [0.15, 0.2) is 36.4 Å². The topological polar surface area (TPSA) is 78.9 Å². The molecule has 0 spiro atoms. The summed E-state index contributed by atoms with van der Waals surface area (Å²) in [6, 6.07) is 6.79. The third-order valence-electron chi connectivity index (χ3n) is 15.5. The molecule has 6 nitrogen and oxygen atoms in total. The Morgan fingerprint density at radius 1 is 0.787 bits per heavy atom. The Bertz CT molecular complexity index is 1440. The number of ether oxygens (including phenoxy) is 3. The maximum Gasteiger partial charge on any atom is 0.339 e. The molecule has 0 unspecified atom stereocenters. The molecule has 0 bridgehead atoms. The van der Waals surface area contributed by atoms with E-state index >= 15 is 0 Å². The van der Waals surface area contributed by atoms with Gasteiger partial charge in [0.25, 0.3) is 0 Å². The van der Waals surface area contributed by atoms with Gasteiger partial charge in [0, 0.05) is 17.8 Å². The summed E-state index contributed by atoms with van der Waals surface area (Å²) in [7, 11) is 1.33. The summed E-state index contributed by atoms with van der Waals surface area (Å²) in [4.78, 5) is 38.0. The number of hydrogen-bond donors (Lipinski definition) is 0. The van der Waals surface area contributed by atoms with Crippen molar-refractivity contribution < 1.29 is 28.6 Å². The van der Waals surface area contributed by atoms with Crippen molar-refractivity contribution >= 4 is 17.9 Å². The molecule has 258 valence electrons. The number of benzene rings is 1. The van der Waals surface area contributed by atoms with Crippen LogP contribution in [0, 0.1) is 56.7 Å². The fourth-order valence-corrected chi connectivity index (χ4v) is 13.2. The number of fused-ring (bicyclic) bond motifs is 7. The summed E-state index contributed by atoms with van der Waals surface area (Å²) in [5.41, 5.74) is 2.23. The van der Waals surface area contributed by atoms with E-state index in [9.17, 15) is 14.4 Å². The van der Waals surface area contributed by atoms with Crippen molar-refractivity contribution in [2.45, 2.75) is 119 Å². The van der Waals surface area contributed by atoms with Gasteiger partial charge in [0.15, 0.2) is 0 Å². The van der Waals surface area contributed by atoms with E-state index < -0.39 is 11.9 Å². The maximum atomic E-state index is 13.5. The van der Waals surface area contributed by atoms with Crippen molar-refractivity contribution in [3.63, 3.8) is 0 Å². The molecule has 5 saturated carbocycles. The lowest BCUT2D eigenvalue weighted by Gasteiger charge is -2.73. The third kappa shape index (κ3) is 5.04. The standard InChI is InChI=1S/C41H58O6/c1-25(2)27-16-21-41(24-46-36(44)29-13-11-10-12-28(29)35(43)45-9)23-22-39(7)30(34(27)41)14-15-32-38(6)19-18-33(47-26(3)42)37(4,5)31(38)17-20-40(32,39)8/h10-13,27,30-34H,1,14-24H2,2-9H3/t27-,30+,31-,32+,33-,34+,38-,39+,40+,41+/m0/s1. The Kier molecular flexibility index (Phi) is 8.57. The van der Waals surface area contributed by atoms with Crippen LogP contribution in [0.25, 0.3) is 0 Å². The van der Waals surface area contributed by atoms with Gasteiger partial charge in [0.05, 0.1) is 24.8 Å². The number of rotatable bonds is 6. The predicted octanol–water partition coefficient (Wildman–Crippen LogP) is 9.22. The normalized spacial score (nSPS) is 41.7. The SMILES string of the molecule is C=C(C)[C@@H]1CC[C@]2(COC(=O)c3ccccc3C(=O)OC)CC[C@]3(C)[C@H](CC[C@@H]4[C@@]5(C)CC[C@H](OC(C)=O)C(C)(C)[C@@H]5CC[C@]43C)[C@@H]12. The van der Waals surface area contributed by atoms with Crippen molar-refractivity contribution in [2.24, 2.45) is 56.7 Å². The molecule has 47 heavy (non-hydrogen) atoms. The van der Waals surface area contributed by atoms with Crippen molar-refractivity contribution in [3.8, 4) is 0 Å². The number of esters is 3. The molecule has 1 aromatic carbocycles. The van der Waals surface area contributed by atoms with Crippen LogP contribution in [0.4, 0.5) is 0 Å². The summed E-state index contributed by atoms with van der Waals surface area (Å²) in [6.45, 7) is 21.2. The van der Waals surface area contributed by atoms with E-state index in [2.05, 4.69) is 48.1 Å². The molecule has 0 saturated heterocycles. The van der Waals surface area contributed by atoms with E-state index in [4.69, 9.17) is 14.2 Å². The largest absolute Gasteiger partial charge is 0.465 e. The van der Waals surface area contributed by atoms with Gasteiger partial charge in [-0.1, -0.05) is 58.9 Å². The highest BCUT2D eigenvalue weighted by Gasteiger charge is 2.71. The van der Waals surface area contributed by atoms with Crippen LogP contribution in [0.2, 0.25) is 0 Å². The minimum Gasteiger partial charge on any atom is -0.465 e. The van der Waals surface area contributed by atoms with Crippen molar-refractivity contribution in [2.75, 3.05) is 13.7 Å². The maximum absolute atomic E-state index is 13.5. The molecule has 0 heterocycles. The molecule has 5 fully saturated rings. The monoisotopic (exact) mass is 646 g/mol. The quantitative estimate of drug-likeness (QED) is 0.174. The van der Waals surface area contributed by atoms with Gasteiger partial charge in [0.2, 0.25) is 0 Å². The number of carbonyl (C=O) groups is 3. The number of methoxy groups -OCH3 is 1. The van der Waals surface area contributed by atoms with E-state index in [1.54, 1.807) is 31.2 Å². The first-order valence-electron chi connectivity index (χ1n) is 18.2. The van der Waals surface area contributed by atoms with E-state index in [0.29, 0.717) is 36.2 Å². The van der Waals surface area contributed by atoms with Gasteiger partial charge in [0.1, 0.15) is 6.10 Å². The van der Waals surface area contributed by atoms with Gasteiger partial charge in [-0.2, -0.15) is 0 Å². The molecule has 0 radical (unpaired) electrons. The van der Waals surface area contributed by atoms with Gasteiger partial charge < -0.3 is 14.2 Å². The lowest BCUT2D eigenvalue weighted by molar-refractivity contribution is -0.251. The average Bonchev–Trinajstić information content (AvgIpc) is 3.41. The summed E-state index contributed by atoms with van der Waals surface area (Å²) in [5, 5.41) is 0. The minimum absolute atomic E-state index is 0.0123. The molecular formula is C41H58O6. The summed E-state index contributed by atoms with van der Waals surface area (Å²) in [6.07, 6.45) is 11.2. The van der Waals surface area contributed by atoms with Crippen molar-refractivity contribution in [3.05, 3.63) is 47.5 Å². The van der Waals surface area contributed by atoms with Crippen LogP contribution in [0.3, 0.4) is 0 Å². The molecule has 1 aromatic rings. The second kappa shape index (κ2) is 11.8. The first-order chi connectivity index (χ1) is 22.1. The zero-order chi connectivity index (χ0) is 34.2. The number of carbonyl (C=O) groups excluding carboxylic acids is 3. The van der Waals surface area contributed by atoms with E-state index in [1.165, 1.54) is 38.4 Å². The highest BCUT2D eigenvalue weighted by Crippen LogP contribution is 2.77. The number of hydrogen-bond acceptors (Lipinski definition) is 6. The highest BCUT2D eigenvalue weighted by atomic mass is 16.5. The van der Waals surface area contributed by atoms with E-state index in [-0.39, 0.29) is 50.3 Å². The molecule has 5 aliphatic carbocycles. The van der Waals surface area contributed by atoms with Crippen LogP contribution in [0.5, 0.6) is 0 Å². The Hall–Kier alpha value is -2.63. The molecule has 6 heteroatoms. The van der Waals surface area contributed by atoms with Gasteiger partial charge in [-0.3, -0.25) is 4.79 Å². The van der Waals surface area contributed by atoms with E-state index in [0.717, 1.165) is 38.5 Å². The Labute approximate surface area is 282 Å². The highest BCUT2D eigenvalue weighted by molar-refractivity contribution is 6.03. The van der Waals surface area contributed by atoms with Crippen molar-refractivity contribution in [1.29, 1.82) is 0 Å². The van der Waals surface area contributed by atoms with Crippen LogP contribution >= 0.6 is 0 Å². The molecule has 0 amide bonds. The molecule has 5 aliphatic rings. The first-order valence-corrected chi connectivity index (χ1v) is 18.2. The van der Waals surface area contributed by atoms with Crippen LogP contribution in [0.1, 0.15) is 133 Å². The lowest BCUT2D eigenvalue weighted by atomic mass is 9.32. The zero-order valence-corrected chi connectivity index (χ0v) is 30.2. The second-order valence-electron chi connectivity index (χ2n) is 17.6. The first kappa shape index (κ1) is 34.2. The lowest BCUT2D eigenvalue weighted by Crippen LogP contribution is -2.67. The molecule has 0 aliphatic heterocycles. The summed E-state index contributed by atoms with van der Waals surface area (Å²) in [5.74, 6) is 1.39. The molecule has 10 atom stereocenters. The van der Waals surface area contributed by atoms with Gasteiger partial charge in [-0.25, -0.2) is 9.59 Å². The minimum atomic E-state index is -0.526.